The van der Waals surface area contributed by atoms with E-state index >= 15 is 0 Å². The van der Waals surface area contributed by atoms with Crippen LogP contribution in [0.1, 0.15) is 55.0 Å². The molecule has 0 bridgehead atoms. The van der Waals surface area contributed by atoms with Crippen LogP contribution in [0.15, 0.2) is 152 Å². The fraction of sp³-hybridized carbons (Fsp3) is 0.146. The van der Waals surface area contributed by atoms with Crippen molar-refractivity contribution in [3.63, 3.8) is 0 Å². The highest BCUT2D eigenvalue weighted by molar-refractivity contribution is 5.95. The summed E-state index contributed by atoms with van der Waals surface area (Å²) in [5, 5.41) is 0. The van der Waals surface area contributed by atoms with Crippen molar-refractivity contribution < 1.29 is 0 Å². The summed E-state index contributed by atoms with van der Waals surface area (Å²) in [5.41, 5.74) is 11.6. The van der Waals surface area contributed by atoms with E-state index in [-0.39, 0.29) is 0 Å². The zero-order valence-corrected chi connectivity index (χ0v) is 26.3. The molecule has 2 aromatic carbocycles. The van der Waals surface area contributed by atoms with Crippen LogP contribution in [0.3, 0.4) is 0 Å². The van der Waals surface area contributed by atoms with Crippen molar-refractivity contribution in [3.8, 4) is 0 Å². The predicted molar refractivity (Wildman–Crippen MR) is 194 cm³/mol. The lowest BCUT2D eigenvalue weighted by Gasteiger charge is -2.30. The monoisotopic (exact) mass is 564 g/mol. The number of allylic oxidation sites excluding steroid dienone is 17. The molecular formula is C41H44N2. The Morgan fingerprint density at radius 1 is 0.930 bits per heavy atom. The minimum atomic E-state index is 0.781. The van der Waals surface area contributed by atoms with Gasteiger partial charge in [-0.3, -0.25) is 4.99 Å². The summed E-state index contributed by atoms with van der Waals surface area (Å²) >= 11 is 0. The first kappa shape index (κ1) is 32.6. The van der Waals surface area contributed by atoms with Gasteiger partial charge in [-0.15, -0.1) is 0 Å². The van der Waals surface area contributed by atoms with Crippen molar-refractivity contribution in [1.82, 2.24) is 0 Å². The van der Waals surface area contributed by atoms with Crippen LogP contribution < -0.4 is 4.90 Å². The molecule has 0 amide bonds. The molecule has 2 aromatic rings. The zero-order valence-electron chi connectivity index (χ0n) is 26.3. The Bertz CT molecular complexity index is 1620. The first-order valence-corrected chi connectivity index (χ1v) is 14.7. The van der Waals surface area contributed by atoms with Gasteiger partial charge in [0.1, 0.15) is 0 Å². The molecule has 1 aliphatic heterocycles. The van der Waals surface area contributed by atoms with E-state index < -0.39 is 0 Å². The topological polar surface area (TPSA) is 15.6 Å². The van der Waals surface area contributed by atoms with Crippen LogP contribution >= 0.6 is 0 Å². The van der Waals surface area contributed by atoms with E-state index in [0.717, 1.165) is 56.9 Å². The van der Waals surface area contributed by atoms with Gasteiger partial charge in [0.05, 0.1) is 11.4 Å². The van der Waals surface area contributed by atoms with Crippen LogP contribution in [-0.4, -0.2) is 6.21 Å². The molecular weight excluding hydrogens is 520 g/mol. The summed E-state index contributed by atoms with van der Waals surface area (Å²) in [6, 6.07) is 10.8. The Morgan fingerprint density at radius 2 is 1.70 bits per heavy atom. The number of aliphatic imine (C=N–C) groups is 1. The quantitative estimate of drug-likeness (QED) is 0.151. The molecule has 1 heterocycles. The van der Waals surface area contributed by atoms with Crippen LogP contribution in [0.4, 0.5) is 11.4 Å². The van der Waals surface area contributed by atoms with Gasteiger partial charge in [0, 0.05) is 35.7 Å². The minimum absolute atomic E-state index is 0.781. The second kappa shape index (κ2) is 16.5. The Balaban J connectivity index is 2.22. The van der Waals surface area contributed by atoms with Gasteiger partial charge in [0.15, 0.2) is 0 Å². The third kappa shape index (κ3) is 8.77. The third-order valence-corrected chi connectivity index (χ3v) is 6.94. The molecule has 2 nitrogen and oxygen atoms in total. The lowest BCUT2D eigenvalue weighted by molar-refractivity contribution is 1.06. The summed E-state index contributed by atoms with van der Waals surface area (Å²) in [5.74, 6) is 0. The zero-order chi connectivity index (χ0) is 31.2. The molecule has 2 heteroatoms. The summed E-state index contributed by atoms with van der Waals surface area (Å²) in [4.78, 5) is 7.03. The van der Waals surface area contributed by atoms with Gasteiger partial charge in [0.2, 0.25) is 0 Å². The molecule has 218 valence electrons. The SMILES string of the molecule is C=C/C=C(\CC=CC)N1/C=C\C(c2ccc(N=C/C=C\C=C/C)c(C(=C)/C=C\C=C/C)c2)=C/C(=C)c2cc(C)cc(C)c21. The molecule has 0 spiro atoms. The molecule has 0 N–H and O–H groups in total. The Morgan fingerprint density at radius 3 is 2.42 bits per heavy atom. The normalized spacial score (nSPS) is 16.5. The van der Waals surface area contributed by atoms with Crippen molar-refractivity contribution in [2.45, 2.75) is 41.0 Å². The maximum Gasteiger partial charge on any atom is 0.0708 e. The average molecular weight is 565 g/mol. The number of aryl methyl sites for hydroxylation is 2. The molecule has 0 saturated heterocycles. The van der Waals surface area contributed by atoms with E-state index in [9.17, 15) is 0 Å². The maximum absolute atomic E-state index is 4.75. The molecule has 0 saturated carbocycles. The summed E-state index contributed by atoms with van der Waals surface area (Å²) in [6.45, 7) is 23.3. The first-order valence-electron chi connectivity index (χ1n) is 14.7. The lowest BCUT2D eigenvalue weighted by atomic mass is 9.91. The van der Waals surface area contributed by atoms with Crippen molar-refractivity contribution in [3.05, 3.63) is 175 Å². The van der Waals surface area contributed by atoms with Crippen LogP contribution in [0, 0.1) is 13.8 Å². The first-order chi connectivity index (χ1) is 20.8. The smallest absolute Gasteiger partial charge is 0.0708 e. The number of rotatable bonds is 11. The van der Waals surface area contributed by atoms with Gasteiger partial charge in [-0.2, -0.15) is 0 Å². The summed E-state index contributed by atoms with van der Waals surface area (Å²) < 4.78 is 0. The largest absolute Gasteiger partial charge is 0.320 e. The summed E-state index contributed by atoms with van der Waals surface area (Å²) in [6.07, 6.45) is 33.2. The molecule has 3 rings (SSSR count). The van der Waals surface area contributed by atoms with E-state index in [1.165, 1.54) is 11.1 Å². The van der Waals surface area contributed by atoms with Gasteiger partial charge in [-0.25, -0.2) is 0 Å². The lowest BCUT2D eigenvalue weighted by Crippen LogP contribution is -2.19. The van der Waals surface area contributed by atoms with Gasteiger partial charge in [0.25, 0.3) is 0 Å². The highest BCUT2D eigenvalue weighted by atomic mass is 15.1. The fourth-order valence-corrected chi connectivity index (χ4v) is 4.91. The molecule has 0 radical (unpaired) electrons. The molecule has 0 aliphatic carbocycles. The third-order valence-electron chi connectivity index (χ3n) is 6.94. The fourth-order valence-electron chi connectivity index (χ4n) is 4.91. The van der Waals surface area contributed by atoms with E-state index in [4.69, 9.17) is 4.99 Å². The highest BCUT2D eigenvalue weighted by Gasteiger charge is 2.20. The highest BCUT2D eigenvalue weighted by Crippen LogP contribution is 2.39. The van der Waals surface area contributed by atoms with E-state index in [1.807, 2.05) is 81.7 Å². The van der Waals surface area contributed by atoms with Crippen molar-refractivity contribution in [2.75, 3.05) is 4.90 Å². The average Bonchev–Trinajstić information content (AvgIpc) is 2.98. The van der Waals surface area contributed by atoms with E-state index in [0.29, 0.717) is 0 Å². The number of fused-ring (bicyclic) bond motifs is 1. The second-order valence-corrected chi connectivity index (χ2v) is 10.3. The Labute approximate surface area is 259 Å². The Kier molecular flexibility index (Phi) is 12.5. The van der Waals surface area contributed by atoms with Crippen LogP contribution in [0.2, 0.25) is 0 Å². The second-order valence-electron chi connectivity index (χ2n) is 10.3. The number of nitrogens with zero attached hydrogens (tertiary/aromatic N) is 2. The van der Waals surface area contributed by atoms with E-state index in [2.05, 4.69) is 105 Å². The van der Waals surface area contributed by atoms with E-state index in [1.54, 1.807) is 0 Å². The number of benzene rings is 2. The number of anilines is 1. The number of hydrogen-bond acceptors (Lipinski definition) is 2. The van der Waals surface area contributed by atoms with Crippen molar-refractivity contribution >= 4 is 34.3 Å². The molecule has 0 unspecified atom stereocenters. The van der Waals surface area contributed by atoms with Gasteiger partial charge >= 0.3 is 0 Å². The van der Waals surface area contributed by atoms with Crippen molar-refractivity contribution in [2.24, 2.45) is 4.99 Å². The van der Waals surface area contributed by atoms with Crippen LogP contribution in [-0.2, 0) is 0 Å². The molecule has 43 heavy (non-hydrogen) atoms. The molecule has 0 fully saturated rings. The molecule has 1 aliphatic rings. The maximum atomic E-state index is 4.75. The van der Waals surface area contributed by atoms with Gasteiger partial charge in [-0.1, -0.05) is 98.2 Å². The van der Waals surface area contributed by atoms with Crippen molar-refractivity contribution in [1.29, 1.82) is 0 Å². The number of hydrogen-bond donors (Lipinski definition) is 0. The minimum Gasteiger partial charge on any atom is -0.320 e. The van der Waals surface area contributed by atoms with Gasteiger partial charge in [-0.05, 0) is 105 Å². The predicted octanol–water partition coefficient (Wildman–Crippen LogP) is 11.8. The van der Waals surface area contributed by atoms with Gasteiger partial charge < -0.3 is 4.90 Å². The Hall–Kier alpha value is -4.95. The van der Waals surface area contributed by atoms with Crippen LogP contribution in [0.25, 0.3) is 16.7 Å². The van der Waals surface area contributed by atoms with Crippen LogP contribution in [0.5, 0.6) is 0 Å². The standard InChI is InChI=1S/C41H44N2/c1-9-13-16-18-25-42-40-23-22-35(30-38(40)32(6)20-17-14-10-2)36-24-26-43(37(19-12-4)21-15-11-3)41-34(8)27-31(5)28-39(41)33(7)29-36/h9-20,22-30H,4,6-7,21H2,1-3,5,8H3/b13-9-,14-10-,15-11?,18-16-,20-17-,26-24-,36-29+,37-19+,42-25?. The summed E-state index contributed by atoms with van der Waals surface area (Å²) in [7, 11) is 0. The molecule has 0 aromatic heterocycles. The molecule has 0 atom stereocenters.